The van der Waals surface area contributed by atoms with Crippen LogP contribution in [-0.4, -0.2) is 11.2 Å². The van der Waals surface area contributed by atoms with Gasteiger partial charge in [0.2, 0.25) is 5.75 Å². The summed E-state index contributed by atoms with van der Waals surface area (Å²) in [5, 5.41) is 10.9. The van der Waals surface area contributed by atoms with Crippen molar-refractivity contribution in [3.05, 3.63) is 63.7 Å². The standard InChI is InChI=1S/C14H11NO4/c1-10-2-5-12(6-3-10)19-14-8-11(9-16)4-7-13(14)15(17)18/h2-9H,1H3. The van der Waals surface area contributed by atoms with Crippen LogP contribution in [0.25, 0.3) is 0 Å². The van der Waals surface area contributed by atoms with E-state index in [9.17, 15) is 14.9 Å². The molecule has 0 radical (unpaired) electrons. The maximum absolute atomic E-state index is 10.9. The quantitative estimate of drug-likeness (QED) is 0.477. The smallest absolute Gasteiger partial charge is 0.311 e. The molecule has 0 aliphatic heterocycles. The molecule has 0 N–H and O–H groups in total. The number of rotatable bonds is 4. The summed E-state index contributed by atoms with van der Waals surface area (Å²) < 4.78 is 5.47. The molecule has 2 rings (SSSR count). The molecule has 0 saturated carbocycles. The molecule has 19 heavy (non-hydrogen) atoms. The van der Waals surface area contributed by atoms with Crippen LogP contribution in [0.1, 0.15) is 15.9 Å². The summed E-state index contributed by atoms with van der Waals surface area (Å²) in [5.74, 6) is 0.537. The van der Waals surface area contributed by atoms with Crippen LogP contribution in [0.2, 0.25) is 0 Å². The van der Waals surface area contributed by atoms with Gasteiger partial charge in [0.15, 0.2) is 0 Å². The second-order valence-corrected chi connectivity index (χ2v) is 4.02. The topological polar surface area (TPSA) is 69.4 Å². The fraction of sp³-hybridized carbons (Fsp3) is 0.0714. The summed E-state index contributed by atoms with van der Waals surface area (Å²) in [6, 6.07) is 11.1. The second-order valence-electron chi connectivity index (χ2n) is 4.02. The maximum Gasteiger partial charge on any atom is 0.311 e. The van der Waals surface area contributed by atoms with Crippen molar-refractivity contribution in [3.8, 4) is 11.5 Å². The first-order valence-electron chi connectivity index (χ1n) is 5.58. The average molecular weight is 257 g/mol. The van der Waals surface area contributed by atoms with Gasteiger partial charge in [-0.3, -0.25) is 14.9 Å². The summed E-state index contributed by atoms with van der Waals surface area (Å²) in [7, 11) is 0. The lowest BCUT2D eigenvalue weighted by Crippen LogP contribution is -1.95. The molecule has 96 valence electrons. The predicted octanol–water partition coefficient (Wildman–Crippen LogP) is 3.51. The van der Waals surface area contributed by atoms with Crippen LogP contribution in [0.3, 0.4) is 0 Å². The third kappa shape index (κ3) is 2.95. The van der Waals surface area contributed by atoms with Gasteiger partial charge in [-0.25, -0.2) is 0 Å². The first-order valence-corrected chi connectivity index (χ1v) is 5.58. The van der Waals surface area contributed by atoms with Crippen molar-refractivity contribution >= 4 is 12.0 Å². The molecule has 0 heterocycles. The molecule has 0 bridgehead atoms. The van der Waals surface area contributed by atoms with Gasteiger partial charge in [0.1, 0.15) is 12.0 Å². The molecule has 0 atom stereocenters. The first kappa shape index (κ1) is 12.8. The Morgan fingerprint density at radius 1 is 1.16 bits per heavy atom. The molecule has 5 heteroatoms. The average Bonchev–Trinajstić information content (AvgIpc) is 2.41. The number of carbonyl (C=O) groups excluding carboxylic acids is 1. The Hall–Kier alpha value is -2.69. The number of aldehydes is 1. The SMILES string of the molecule is Cc1ccc(Oc2cc(C=O)ccc2[N+](=O)[O-])cc1. The number of carbonyl (C=O) groups is 1. The van der Waals surface area contributed by atoms with E-state index in [0.29, 0.717) is 17.6 Å². The lowest BCUT2D eigenvalue weighted by Gasteiger charge is -2.07. The Balaban J connectivity index is 2.39. The van der Waals surface area contributed by atoms with E-state index >= 15 is 0 Å². The van der Waals surface area contributed by atoms with Crippen LogP contribution in [-0.2, 0) is 0 Å². The Morgan fingerprint density at radius 3 is 2.42 bits per heavy atom. The summed E-state index contributed by atoms with van der Waals surface area (Å²) in [4.78, 5) is 21.1. The molecular formula is C14H11NO4. The lowest BCUT2D eigenvalue weighted by atomic mass is 10.2. The Kier molecular flexibility index (Phi) is 3.56. The van der Waals surface area contributed by atoms with Crippen LogP contribution in [0.4, 0.5) is 5.69 Å². The molecule has 0 amide bonds. The Morgan fingerprint density at radius 2 is 1.84 bits per heavy atom. The molecule has 0 saturated heterocycles. The van der Waals surface area contributed by atoms with Crippen molar-refractivity contribution in [1.82, 2.24) is 0 Å². The highest BCUT2D eigenvalue weighted by Crippen LogP contribution is 2.31. The first-order chi connectivity index (χ1) is 9.10. The van der Waals surface area contributed by atoms with E-state index in [2.05, 4.69) is 0 Å². The van der Waals surface area contributed by atoms with E-state index in [0.717, 1.165) is 5.56 Å². The van der Waals surface area contributed by atoms with Gasteiger partial charge in [0.05, 0.1) is 4.92 Å². The molecule has 2 aromatic rings. The number of nitrogens with zero attached hydrogens (tertiary/aromatic N) is 1. The molecule has 5 nitrogen and oxygen atoms in total. The zero-order chi connectivity index (χ0) is 13.8. The number of nitro groups is 1. The second kappa shape index (κ2) is 5.30. The van der Waals surface area contributed by atoms with Gasteiger partial charge in [0.25, 0.3) is 0 Å². The fourth-order valence-electron chi connectivity index (χ4n) is 1.57. The summed E-state index contributed by atoms with van der Waals surface area (Å²) >= 11 is 0. The molecule has 0 spiro atoms. The third-order valence-electron chi connectivity index (χ3n) is 2.57. The highest BCUT2D eigenvalue weighted by molar-refractivity contribution is 5.77. The number of benzene rings is 2. The van der Waals surface area contributed by atoms with Gasteiger partial charge in [0, 0.05) is 11.6 Å². The normalized spacial score (nSPS) is 9.95. The number of ether oxygens (including phenoxy) is 1. The van der Waals surface area contributed by atoms with E-state index in [1.165, 1.54) is 18.2 Å². The lowest BCUT2D eigenvalue weighted by molar-refractivity contribution is -0.385. The zero-order valence-corrected chi connectivity index (χ0v) is 10.2. The molecule has 0 aromatic heterocycles. The number of hydrogen-bond donors (Lipinski definition) is 0. The van der Waals surface area contributed by atoms with Gasteiger partial charge in [-0.2, -0.15) is 0 Å². The summed E-state index contributed by atoms with van der Waals surface area (Å²) in [6.07, 6.45) is 0.617. The van der Waals surface area contributed by atoms with E-state index in [-0.39, 0.29) is 11.4 Å². The highest BCUT2D eigenvalue weighted by atomic mass is 16.6. The Bertz CT molecular complexity index is 620. The van der Waals surface area contributed by atoms with Gasteiger partial charge in [-0.15, -0.1) is 0 Å². The summed E-state index contributed by atoms with van der Waals surface area (Å²) in [5.41, 5.74) is 1.21. The summed E-state index contributed by atoms with van der Waals surface area (Å²) in [6.45, 7) is 1.93. The molecule has 0 fully saturated rings. The fourth-order valence-corrected chi connectivity index (χ4v) is 1.57. The largest absolute Gasteiger partial charge is 0.450 e. The zero-order valence-electron chi connectivity index (χ0n) is 10.2. The van der Waals surface area contributed by atoms with E-state index < -0.39 is 4.92 Å². The minimum atomic E-state index is -0.544. The van der Waals surface area contributed by atoms with Gasteiger partial charge in [-0.1, -0.05) is 17.7 Å². The number of aryl methyl sites for hydroxylation is 1. The van der Waals surface area contributed by atoms with Crippen molar-refractivity contribution in [3.63, 3.8) is 0 Å². The van der Waals surface area contributed by atoms with Crippen LogP contribution < -0.4 is 4.74 Å². The van der Waals surface area contributed by atoms with Crippen molar-refractivity contribution in [2.24, 2.45) is 0 Å². The minimum Gasteiger partial charge on any atom is -0.450 e. The van der Waals surface area contributed by atoms with Crippen molar-refractivity contribution in [2.75, 3.05) is 0 Å². The van der Waals surface area contributed by atoms with Gasteiger partial charge < -0.3 is 4.74 Å². The van der Waals surface area contributed by atoms with E-state index in [4.69, 9.17) is 4.74 Å². The van der Waals surface area contributed by atoms with Crippen molar-refractivity contribution in [2.45, 2.75) is 6.92 Å². The van der Waals surface area contributed by atoms with Crippen LogP contribution >= 0.6 is 0 Å². The minimum absolute atomic E-state index is 0.0541. The Labute approximate surface area is 109 Å². The van der Waals surface area contributed by atoms with Crippen LogP contribution in [0, 0.1) is 17.0 Å². The molecule has 0 aliphatic rings. The van der Waals surface area contributed by atoms with Gasteiger partial charge >= 0.3 is 5.69 Å². The molecule has 2 aromatic carbocycles. The van der Waals surface area contributed by atoms with Gasteiger partial charge in [-0.05, 0) is 31.2 Å². The number of hydrogen-bond acceptors (Lipinski definition) is 4. The molecule has 0 unspecified atom stereocenters. The maximum atomic E-state index is 10.9. The van der Waals surface area contributed by atoms with E-state index in [1.807, 2.05) is 19.1 Å². The van der Waals surface area contributed by atoms with E-state index in [1.54, 1.807) is 12.1 Å². The third-order valence-corrected chi connectivity index (χ3v) is 2.57. The van der Waals surface area contributed by atoms with Crippen LogP contribution in [0.5, 0.6) is 11.5 Å². The molecular weight excluding hydrogens is 246 g/mol. The molecule has 0 aliphatic carbocycles. The van der Waals surface area contributed by atoms with Crippen molar-refractivity contribution < 1.29 is 14.5 Å². The highest BCUT2D eigenvalue weighted by Gasteiger charge is 2.16. The monoisotopic (exact) mass is 257 g/mol. The van der Waals surface area contributed by atoms with Crippen molar-refractivity contribution in [1.29, 1.82) is 0 Å². The predicted molar refractivity (Wildman–Crippen MR) is 69.7 cm³/mol. The number of nitro benzene ring substituents is 1. The van der Waals surface area contributed by atoms with Crippen LogP contribution in [0.15, 0.2) is 42.5 Å².